The van der Waals surface area contributed by atoms with E-state index in [9.17, 15) is 22.4 Å². The van der Waals surface area contributed by atoms with E-state index in [0.29, 0.717) is 18.5 Å². The Kier molecular flexibility index (Phi) is 9.47. The average Bonchev–Trinajstić information content (AvgIpc) is 3.14. The number of imidazole rings is 1. The van der Waals surface area contributed by atoms with Crippen LogP contribution in [0.3, 0.4) is 0 Å². The highest BCUT2D eigenvalue weighted by atomic mass is 35.5. The molecule has 1 aromatic heterocycles. The standard InChI is InChI=1S/C20H24Cl2FN3O5S/c1-25-10-11-26(13-25)9-3-4-17(27)31-18(16(12-23)24-20(28)19(21)22)14-5-7-15(8-6-14)32(2,29)30/h5-8,10-11,13,16,18-19H,3-4,9,12H2,1-2H3/p+1/t16-,18-/m1/s1. The molecule has 1 aromatic carbocycles. The lowest BCUT2D eigenvalue weighted by atomic mass is 10.0. The first-order valence-electron chi connectivity index (χ1n) is 9.66. The van der Waals surface area contributed by atoms with Crippen LogP contribution in [0.4, 0.5) is 4.39 Å². The van der Waals surface area contributed by atoms with Gasteiger partial charge in [0.05, 0.1) is 24.5 Å². The smallest absolute Gasteiger partial charge is 0.306 e. The average molecular weight is 509 g/mol. The highest BCUT2D eigenvalue weighted by Gasteiger charge is 2.30. The molecule has 176 valence electrons. The molecule has 1 heterocycles. The lowest BCUT2D eigenvalue weighted by molar-refractivity contribution is -0.671. The number of esters is 1. The van der Waals surface area contributed by atoms with Crippen LogP contribution >= 0.6 is 23.2 Å². The van der Waals surface area contributed by atoms with Gasteiger partial charge in [-0.1, -0.05) is 35.3 Å². The Balaban J connectivity index is 2.16. The van der Waals surface area contributed by atoms with E-state index < -0.39 is 45.4 Å². The van der Waals surface area contributed by atoms with Crippen LogP contribution in [-0.2, 0) is 37.8 Å². The Morgan fingerprint density at radius 3 is 2.41 bits per heavy atom. The normalized spacial score (nSPS) is 13.6. The molecule has 12 heteroatoms. The van der Waals surface area contributed by atoms with Crippen molar-refractivity contribution in [1.29, 1.82) is 0 Å². The molecule has 2 atom stereocenters. The number of sulfone groups is 1. The summed E-state index contributed by atoms with van der Waals surface area (Å²) in [6.07, 6.45) is 5.97. The number of nitrogens with one attached hydrogen (secondary N) is 1. The van der Waals surface area contributed by atoms with Crippen molar-refractivity contribution in [1.82, 2.24) is 9.88 Å². The van der Waals surface area contributed by atoms with E-state index >= 15 is 0 Å². The number of carbonyl (C=O) groups is 2. The maximum Gasteiger partial charge on any atom is 0.306 e. The van der Waals surface area contributed by atoms with Gasteiger partial charge in [-0.25, -0.2) is 21.9 Å². The minimum atomic E-state index is -3.45. The maximum absolute atomic E-state index is 13.8. The van der Waals surface area contributed by atoms with Crippen molar-refractivity contribution >= 4 is 44.9 Å². The number of ether oxygens (including phenoxy) is 1. The van der Waals surface area contributed by atoms with E-state index in [1.807, 2.05) is 34.9 Å². The van der Waals surface area contributed by atoms with Gasteiger partial charge in [-0.05, 0) is 24.1 Å². The maximum atomic E-state index is 13.8. The Morgan fingerprint density at radius 1 is 1.25 bits per heavy atom. The topological polar surface area (TPSA) is 98.3 Å². The van der Waals surface area contributed by atoms with Crippen molar-refractivity contribution in [3.63, 3.8) is 0 Å². The summed E-state index contributed by atoms with van der Waals surface area (Å²) in [6, 6.07) is 4.18. The molecule has 0 spiro atoms. The summed E-state index contributed by atoms with van der Waals surface area (Å²) in [7, 11) is -1.57. The van der Waals surface area contributed by atoms with Crippen LogP contribution in [0.25, 0.3) is 0 Å². The van der Waals surface area contributed by atoms with Crippen LogP contribution < -0.4 is 9.88 Å². The Labute approximate surface area is 196 Å². The van der Waals surface area contributed by atoms with E-state index in [1.54, 1.807) is 0 Å². The first kappa shape index (κ1) is 26.1. The molecule has 0 fully saturated rings. The van der Waals surface area contributed by atoms with E-state index in [4.69, 9.17) is 27.9 Å². The van der Waals surface area contributed by atoms with Gasteiger partial charge in [-0.15, -0.1) is 0 Å². The van der Waals surface area contributed by atoms with Gasteiger partial charge in [0.15, 0.2) is 14.7 Å². The van der Waals surface area contributed by atoms with Crippen molar-refractivity contribution in [2.75, 3.05) is 12.9 Å². The van der Waals surface area contributed by atoms with Gasteiger partial charge >= 0.3 is 5.97 Å². The molecule has 0 aliphatic heterocycles. The molecule has 1 N–H and O–H groups in total. The number of nitrogens with zero attached hydrogens (tertiary/aromatic N) is 2. The molecule has 2 rings (SSSR count). The molecule has 8 nitrogen and oxygen atoms in total. The van der Waals surface area contributed by atoms with Crippen molar-refractivity contribution in [2.45, 2.75) is 41.3 Å². The number of carbonyl (C=O) groups excluding carboxylic acids is 2. The quantitative estimate of drug-likeness (QED) is 0.284. The molecular weight excluding hydrogens is 484 g/mol. The lowest BCUT2D eigenvalue weighted by Gasteiger charge is -2.26. The van der Waals surface area contributed by atoms with Crippen LogP contribution in [-0.4, -0.2) is 48.7 Å². The predicted molar refractivity (Wildman–Crippen MR) is 117 cm³/mol. The van der Waals surface area contributed by atoms with Gasteiger partial charge < -0.3 is 10.1 Å². The number of rotatable bonds is 11. The molecule has 0 radical (unpaired) electrons. The minimum Gasteiger partial charge on any atom is -0.455 e. The molecule has 0 saturated carbocycles. The summed E-state index contributed by atoms with van der Waals surface area (Å²) >= 11 is 11.1. The zero-order valence-corrected chi connectivity index (χ0v) is 19.9. The Morgan fingerprint density at radius 2 is 1.91 bits per heavy atom. The van der Waals surface area contributed by atoms with Crippen molar-refractivity contribution in [3.8, 4) is 0 Å². The van der Waals surface area contributed by atoms with Gasteiger partial charge in [-0.3, -0.25) is 9.59 Å². The molecule has 0 unspecified atom stereocenters. The summed E-state index contributed by atoms with van der Waals surface area (Å²) in [5, 5.41) is 2.32. The predicted octanol–water partition coefficient (Wildman–Crippen LogP) is 2.04. The van der Waals surface area contributed by atoms with E-state index in [-0.39, 0.29) is 11.3 Å². The van der Waals surface area contributed by atoms with Crippen LogP contribution in [0.5, 0.6) is 0 Å². The number of hydrogen-bond donors (Lipinski definition) is 1. The van der Waals surface area contributed by atoms with Gasteiger partial charge in [0, 0.05) is 12.7 Å². The summed E-state index contributed by atoms with van der Waals surface area (Å²) in [5.74, 6) is -1.44. The molecule has 0 saturated heterocycles. The first-order valence-corrected chi connectivity index (χ1v) is 12.4. The minimum absolute atomic E-state index is 0.0497. The highest BCUT2D eigenvalue weighted by Crippen LogP contribution is 2.25. The first-order chi connectivity index (χ1) is 15.0. The monoisotopic (exact) mass is 508 g/mol. The summed E-state index contributed by atoms with van der Waals surface area (Å²) in [6.45, 7) is -0.495. The number of halogens is 3. The SMILES string of the molecule is C[n+]1ccn(CCCC(=O)O[C@H](c2ccc(S(C)(=O)=O)cc2)[C@@H](CF)NC(=O)C(Cl)Cl)c1. The van der Waals surface area contributed by atoms with Gasteiger partial charge in [-0.2, -0.15) is 0 Å². The number of amides is 1. The number of alkyl halides is 3. The number of hydrogen-bond acceptors (Lipinski definition) is 5. The highest BCUT2D eigenvalue weighted by molar-refractivity contribution is 7.90. The van der Waals surface area contributed by atoms with Crippen LogP contribution in [0.15, 0.2) is 47.9 Å². The second-order valence-corrected chi connectivity index (χ2v) is 10.4. The summed E-state index contributed by atoms with van der Waals surface area (Å²) < 4.78 is 46.5. The third kappa shape index (κ3) is 7.75. The van der Waals surface area contributed by atoms with Gasteiger partial charge in [0.1, 0.15) is 25.2 Å². The molecule has 1 amide bonds. The van der Waals surface area contributed by atoms with Crippen molar-refractivity contribution in [2.24, 2.45) is 7.05 Å². The molecule has 2 aromatic rings. The van der Waals surface area contributed by atoms with Crippen LogP contribution in [0.1, 0.15) is 24.5 Å². The Bertz CT molecular complexity index is 1030. The molecule has 0 bridgehead atoms. The number of benzene rings is 1. The van der Waals surface area contributed by atoms with Gasteiger partial charge in [0.25, 0.3) is 5.91 Å². The third-order valence-corrected chi connectivity index (χ3v) is 6.10. The van der Waals surface area contributed by atoms with Crippen LogP contribution in [0.2, 0.25) is 0 Å². The van der Waals surface area contributed by atoms with E-state index in [1.165, 1.54) is 24.3 Å². The second-order valence-electron chi connectivity index (χ2n) is 7.24. The number of aryl methyl sites for hydroxylation is 2. The van der Waals surface area contributed by atoms with Crippen molar-refractivity contribution in [3.05, 3.63) is 48.5 Å². The van der Waals surface area contributed by atoms with Gasteiger partial charge in [0.2, 0.25) is 6.33 Å². The zero-order valence-electron chi connectivity index (χ0n) is 17.6. The summed E-state index contributed by atoms with van der Waals surface area (Å²) in [4.78, 5) is 23.0. The van der Waals surface area contributed by atoms with E-state index in [2.05, 4.69) is 5.32 Å². The molecule has 0 aliphatic carbocycles. The molecule has 32 heavy (non-hydrogen) atoms. The number of aromatic nitrogens is 2. The molecular formula is C20H25Cl2FN3O5S+. The summed E-state index contributed by atoms with van der Waals surface area (Å²) in [5.41, 5.74) is 0.312. The fourth-order valence-corrected chi connectivity index (χ4v) is 3.73. The Hall–Kier alpha value is -2.17. The lowest BCUT2D eigenvalue weighted by Crippen LogP contribution is -2.44. The fraction of sp³-hybridized carbons (Fsp3) is 0.450. The van der Waals surface area contributed by atoms with Crippen molar-refractivity contribution < 1.29 is 31.7 Å². The van der Waals surface area contributed by atoms with E-state index in [0.717, 1.165) is 6.26 Å². The fourth-order valence-electron chi connectivity index (χ4n) is 2.97. The molecule has 0 aliphatic rings. The second kappa shape index (κ2) is 11.6. The largest absolute Gasteiger partial charge is 0.455 e. The van der Waals surface area contributed by atoms with Crippen LogP contribution in [0, 0.1) is 0 Å². The zero-order chi connectivity index (χ0) is 23.9. The third-order valence-electron chi connectivity index (χ3n) is 4.57.